The summed E-state index contributed by atoms with van der Waals surface area (Å²) in [4.78, 5) is 45.8. The second kappa shape index (κ2) is 10.7. The van der Waals surface area contributed by atoms with Gasteiger partial charge in [-0.3, -0.25) is 19.7 Å². The number of rotatable bonds is 6. The zero-order valence-corrected chi connectivity index (χ0v) is 20.1. The summed E-state index contributed by atoms with van der Waals surface area (Å²) in [6.07, 6.45) is 4.43. The largest absolute Gasteiger partial charge is 0.484 e. The van der Waals surface area contributed by atoms with Crippen LogP contribution >= 0.6 is 0 Å². The number of likely N-dealkylation sites (tertiary alicyclic amines) is 1. The molecule has 2 atom stereocenters. The number of anilines is 1. The molecule has 2 fully saturated rings. The summed E-state index contributed by atoms with van der Waals surface area (Å²) in [5, 5.41) is 10.8. The Bertz CT molecular complexity index is 1040. The fourth-order valence-corrected chi connectivity index (χ4v) is 4.82. The number of piperazine rings is 1. The van der Waals surface area contributed by atoms with Gasteiger partial charge in [-0.1, -0.05) is 0 Å². The highest BCUT2D eigenvalue weighted by Crippen LogP contribution is 2.23. The Labute approximate surface area is 204 Å². The van der Waals surface area contributed by atoms with Crippen LogP contribution in [0.1, 0.15) is 43.5 Å². The summed E-state index contributed by atoms with van der Waals surface area (Å²) in [6.45, 7) is 6.38. The maximum absolute atomic E-state index is 12.9. The molecule has 3 heterocycles. The molecular weight excluding hydrogens is 450 g/mol. The molecule has 0 spiro atoms. The van der Waals surface area contributed by atoms with E-state index in [1.165, 1.54) is 12.3 Å². The lowest BCUT2D eigenvalue weighted by atomic mass is 9.97. The zero-order valence-electron chi connectivity index (χ0n) is 20.1. The Morgan fingerprint density at radius 1 is 1.03 bits per heavy atom. The molecule has 0 bridgehead atoms. The van der Waals surface area contributed by atoms with E-state index in [-0.39, 0.29) is 36.2 Å². The van der Waals surface area contributed by atoms with Crippen LogP contribution in [0.2, 0.25) is 0 Å². The lowest BCUT2D eigenvalue weighted by Crippen LogP contribution is -2.49. The van der Waals surface area contributed by atoms with Crippen molar-refractivity contribution in [1.29, 1.82) is 0 Å². The molecule has 2 amide bonds. The highest BCUT2D eigenvalue weighted by molar-refractivity contribution is 5.94. The number of carbonyl (C=O) groups excluding carboxylic acids is 2. The zero-order chi connectivity index (χ0) is 24.9. The third-order valence-electron chi connectivity index (χ3n) is 6.78. The summed E-state index contributed by atoms with van der Waals surface area (Å²) in [5.41, 5.74) is 0.513. The van der Waals surface area contributed by atoms with Crippen molar-refractivity contribution in [3.63, 3.8) is 0 Å². The van der Waals surface area contributed by atoms with E-state index >= 15 is 0 Å². The molecule has 2 unspecified atom stereocenters. The average Bonchev–Trinajstić information content (AvgIpc) is 2.87. The number of benzene rings is 1. The number of hydrogen-bond acceptors (Lipinski definition) is 7. The molecule has 35 heavy (non-hydrogen) atoms. The molecule has 186 valence electrons. The van der Waals surface area contributed by atoms with E-state index < -0.39 is 4.92 Å². The minimum Gasteiger partial charge on any atom is -0.484 e. The first-order valence-corrected chi connectivity index (χ1v) is 12.0. The second-order valence-corrected chi connectivity index (χ2v) is 9.15. The Kier molecular flexibility index (Phi) is 7.48. The van der Waals surface area contributed by atoms with Gasteiger partial charge in [0.2, 0.25) is 0 Å². The molecule has 2 aromatic rings. The van der Waals surface area contributed by atoms with Crippen LogP contribution in [0.15, 0.2) is 42.6 Å². The van der Waals surface area contributed by atoms with E-state index in [9.17, 15) is 19.7 Å². The Morgan fingerprint density at radius 3 is 2.26 bits per heavy atom. The van der Waals surface area contributed by atoms with Crippen molar-refractivity contribution in [2.24, 2.45) is 0 Å². The van der Waals surface area contributed by atoms with Gasteiger partial charge in [0.05, 0.1) is 4.92 Å². The van der Waals surface area contributed by atoms with Crippen LogP contribution in [0.3, 0.4) is 0 Å². The molecule has 1 aromatic heterocycles. The first-order chi connectivity index (χ1) is 16.8. The highest BCUT2D eigenvalue weighted by Gasteiger charge is 2.29. The lowest BCUT2D eigenvalue weighted by Gasteiger charge is -2.39. The van der Waals surface area contributed by atoms with Gasteiger partial charge in [-0.05, 0) is 63.4 Å². The minimum atomic E-state index is -0.475. The van der Waals surface area contributed by atoms with Gasteiger partial charge in [0.15, 0.2) is 6.61 Å². The standard InChI is InChI=1S/C25H31N5O5/c1-18-4-3-5-19(2)29(18)24(31)17-35-22-9-6-20(7-10-22)25(32)28-14-12-27(13-15-28)23-11-8-21(16-26-23)30(33)34/h6-11,16,18-19H,3-5,12-15,17H2,1-2H3. The van der Waals surface area contributed by atoms with Crippen LogP contribution in [0.4, 0.5) is 11.5 Å². The minimum absolute atomic E-state index is 0.00904. The van der Waals surface area contributed by atoms with Crippen LogP contribution in [-0.2, 0) is 4.79 Å². The molecule has 0 N–H and O–H groups in total. The normalized spacial score (nSPS) is 20.5. The molecule has 2 aliphatic rings. The van der Waals surface area contributed by atoms with E-state index in [0.717, 1.165) is 19.3 Å². The predicted molar refractivity (Wildman–Crippen MR) is 131 cm³/mol. The van der Waals surface area contributed by atoms with Crippen molar-refractivity contribution in [3.8, 4) is 5.75 Å². The van der Waals surface area contributed by atoms with Gasteiger partial charge < -0.3 is 19.4 Å². The smallest absolute Gasteiger partial charge is 0.287 e. The summed E-state index contributed by atoms with van der Waals surface area (Å²) in [5.74, 6) is 1.14. The van der Waals surface area contributed by atoms with Crippen LogP contribution in [-0.4, -0.2) is 76.4 Å². The van der Waals surface area contributed by atoms with Gasteiger partial charge in [0.1, 0.15) is 17.8 Å². The Hall–Kier alpha value is -3.69. The molecule has 10 heteroatoms. The fraction of sp³-hybridized carbons (Fsp3) is 0.480. The predicted octanol–water partition coefficient (Wildman–Crippen LogP) is 3.12. The molecule has 0 aliphatic carbocycles. The molecule has 0 saturated carbocycles. The first kappa shape index (κ1) is 24.4. The quantitative estimate of drug-likeness (QED) is 0.461. The van der Waals surface area contributed by atoms with Crippen molar-refractivity contribution in [2.75, 3.05) is 37.7 Å². The number of carbonyl (C=O) groups is 2. The van der Waals surface area contributed by atoms with E-state index in [2.05, 4.69) is 18.8 Å². The van der Waals surface area contributed by atoms with Crippen molar-refractivity contribution < 1.29 is 19.2 Å². The van der Waals surface area contributed by atoms with Crippen molar-refractivity contribution in [3.05, 3.63) is 58.3 Å². The number of pyridine rings is 1. The van der Waals surface area contributed by atoms with Crippen molar-refractivity contribution in [2.45, 2.75) is 45.2 Å². The molecule has 10 nitrogen and oxygen atoms in total. The number of nitro groups is 1. The Morgan fingerprint density at radius 2 is 1.69 bits per heavy atom. The van der Waals surface area contributed by atoms with E-state index in [1.54, 1.807) is 35.2 Å². The van der Waals surface area contributed by atoms with Gasteiger partial charge in [-0.25, -0.2) is 4.98 Å². The van der Waals surface area contributed by atoms with E-state index in [1.807, 2.05) is 9.80 Å². The maximum atomic E-state index is 12.9. The molecule has 2 aliphatic heterocycles. The van der Waals surface area contributed by atoms with Crippen molar-refractivity contribution >= 4 is 23.3 Å². The van der Waals surface area contributed by atoms with Crippen LogP contribution < -0.4 is 9.64 Å². The third-order valence-corrected chi connectivity index (χ3v) is 6.78. The van der Waals surface area contributed by atoms with E-state index in [0.29, 0.717) is 43.3 Å². The lowest BCUT2D eigenvalue weighted by molar-refractivity contribution is -0.385. The van der Waals surface area contributed by atoms with Gasteiger partial charge >= 0.3 is 0 Å². The maximum Gasteiger partial charge on any atom is 0.287 e. The van der Waals surface area contributed by atoms with E-state index in [4.69, 9.17) is 4.74 Å². The number of aromatic nitrogens is 1. The number of amides is 2. The SMILES string of the molecule is CC1CCCC(C)N1C(=O)COc1ccc(C(=O)N2CCN(c3ccc([N+](=O)[O-])cn3)CC2)cc1. The number of ether oxygens (including phenoxy) is 1. The summed E-state index contributed by atoms with van der Waals surface area (Å²) in [6, 6.07) is 10.4. The molecular formula is C25H31N5O5. The molecule has 1 aromatic carbocycles. The monoisotopic (exact) mass is 481 g/mol. The van der Waals surface area contributed by atoms with Gasteiger partial charge in [0.25, 0.3) is 17.5 Å². The highest BCUT2D eigenvalue weighted by atomic mass is 16.6. The summed E-state index contributed by atoms with van der Waals surface area (Å²) < 4.78 is 5.71. The topological polar surface area (TPSA) is 109 Å². The second-order valence-electron chi connectivity index (χ2n) is 9.15. The number of piperidine rings is 1. The number of hydrogen-bond donors (Lipinski definition) is 0. The Balaban J connectivity index is 1.27. The molecule has 0 radical (unpaired) electrons. The fourth-order valence-electron chi connectivity index (χ4n) is 4.82. The van der Waals surface area contributed by atoms with Crippen LogP contribution in [0, 0.1) is 10.1 Å². The van der Waals surface area contributed by atoms with Crippen molar-refractivity contribution in [1.82, 2.24) is 14.8 Å². The third kappa shape index (κ3) is 5.70. The number of nitrogens with zero attached hydrogens (tertiary/aromatic N) is 5. The average molecular weight is 482 g/mol. The van der Waals surface area contributed by atoms with Gasteiger partial charge in [-0.2, -0.15) is 0 Å². The molecule has 2 saturated heterocycles. The van der Waals surface area contributed by atoms with Gasteiger partial charge in [-0.15, -0.1) is 0 Å². The van der Waals surface area contributed by atoms with Crippen LogP contribution in [0.25, 0.3) is 0 Å². The summed E-state index contributed by atoms with van der Waals surface area (Å²) in [7, 11) is 0. The first-order valence-electron chi connectivity index (χ1n) is 12.0. The van der Waals surface area contributed by atoms with Gasteiger partial charge in [0, 0.05) is 49.9 Å². The summed E-state index contributed by atoms with van der Waals surface area (Å²) >= 11 is 0. The van der Waals surface area contributed by atoms with Crippen LogP contribution in [0.5, 0.6) is 5.75 Å². The molecule has 4 rings (SSSR count).